The van der Waals surface area contributed by atoms with Gasteiger partial charge in [-0.1, -0.05) is 19.8 Å². The lowest BCUT2D eigenvalue weighted by Gasteiger charge is -2.13. The van der Waals surface area contributed by atoms with Crippen LogP contribution in [0.25, 0.3) is 10.9 Å². The van der Waals surface area contributed by atoms with Gasteiger partial charge >= 0.3 is 0 Å². The van der Waals surface area contributed by atoms with Gasteiger partial charge in [0.1, 0.15) is 5.75 Å². The molecule has 4 nitrogen and oxygen atoms in total. The van der Waals surface area contributed by atoms with E-state index in [2.05, 4.69) is 29.4 Å². The third-order valence-corrected chi connectivity index (χ3v) is 3.97. The van der Waals surface area contributed by atoms with Gasteiger partial charge in [0.05, 0.1) is 18.3 Å². The summed E-state index contributed by atoms with van der Waals surface area (Å²) in [7, 11) is 1.71. The van der Waals surface area contributed by atoms with Crippen LogP contribution in [0.1, 0.15) is 38.2 Å². The second kappa shape index (κ2) is 8.59. The van der Waals surface area contributed by atoms with Crippen molar-refractivity contribution in [3.05, 3.63) is 30.0 Å². The first-order valence-corrected chi connectivity index (χ1v) is 8.19. The fourth-order valence-corrected chi connectivity index (χ4v) is 2.69. The van der Waals surface area contributed by atoms with Gasteiger partial charge in [-0.3, -0.25) is 4.98 Å². The van der Waals surface area contributed by atoms with E-state index in [1.54, 1.807) is 7.11 Å². The van der Waals surface area contributed by atoms with E-state index in [1.807, 2.05) is 12.3 Å². The number of nitrogens with one attached hydrogen (secondary N) is 1. The number of fused-ring (bicyclic) bond motifs is 1. The number of hydrogen-bond donors (Lipinski definition) is 2. The molecule has 0 bridgehead atoms. The molecule has 0 radical (unpaired) electrons. The quantitative estimate of drug-likeness (QED) is 0.693. The maximum atomic E-state index is 5.52. The number of nitrogens with zero attached hydrogens (tertiary/aromatic N) is 1. The maximum Gasteiger partial charge on any atom is 0.121 e. The number of rotatable bonds is 9. The van der Waals surface area contributed by atoms with E-state index in [0.717, 1.165) is 49.3 Å². The number of methoxy groups -OCH3 is 1. The standard InChI is InChI=1S/C18H27N3O/c1-3-14-8-11-21-18-16(14)12-15(22-2)13-17(18)20-10-7-5-4-6-9-19/h8,11-13,20H,3-7,9-10,19H2,1-2H3. The molecule has 0 spiro atoms. The number of pyridine rings is 1. The van der Waals surface area contributed by atoms with Crippen LogP contribution < -0.4 is 15.8 Å². The van der Waals surface area contributed by atoms with Gasteiger partial charge in [0.2, 0.25) is 0 Å². The molecule has 2 rings (SSSR count). The number of ether oxygens (including phenoxy) is 1. The van der Waals surface area contributed by atoms with Crippen molar-refractivity contribution >= 4 is 16.6 Å². The van der Waals surface area contributed by atoms with Gasteiger partial charge in [-0.2, -0.15) is 0 Å². The lowest BCUT2D eigenvalue weighted by atomic mass is 10.1. The van der Waals surface area contributed by atoms with Crippen molar-refractivity contribution in [1.82, 2.24) is 4.98 Å². The molecule has 0 aliphatic heterocycles. The van der Waals surface area contributed by atoms with E-state index in [0.29, 0.717) is 0 Å². The largest absolute Gasteiger partial charge is 0.497 e. The van der Waals surface area contributed by atoms with E-state index in [-0.39, 0.29) is 0 Å². The van der Waals surface area contributed by atoms with Crippen LogP contribution in [0.3, 0.4) is 0 Å². The normalized spacial score (nSPS) is 10.9. The Hall–Kier alpha value is -1.81. The van der Waals surface area contributed by atoms with Gasteiger partial charge in [-0.25, -0.2) is 0 Å². The Balaban J connectivity index is 2.14. The lowest BCUT2D eigenvalue weighted by Crippen LogP contribution is -2.04. The summed E-state index contributed by atoms with van der Waals surface area (Å²) < 4.78 is 5.44. The Kier molecular flexibility index (Phi) is 6.46. The molecule has 0 aliphatic rings. The summed E-state index contributed by atoms with van der Waals surface area (Å²) in [4.78, 5) is 4.56. The fourth-order valence-electron chi connectivity index (χ4n) is 2.69. The number of anilines is 1. The minimum Gasteiger partial charge on any atom is -0.497 e. The van der Waals surface area contributed by atoms with E-state index in [1.165, 1.54) is 23.8 Å². The number of aryl methyl sites for hydroxylation is 1. The van der Waals surface area contributed by atoms with Crippen LogP contribution in [0.5, 0.6) is 5.75 Å². The number of hydrogen-bond acceptors (Lipinski definition) is 4. The minimum absolute atomic E-state index is 0.789. The highest BCUT2D eigenvalue weighted by Crippen LogP contribution is 2.30. The monoisotopic (exact) mass is 301 g/mol. The molecule has 0 aliphatic carbocycles. The molecule has 1 aromatic heterocycles. The van der Waals surface area contributed by atoms with E-state index in [9.17, 15) is 0 Å². The fraction of sp³-hybridized carbons (Fsp3) is 0.500. The maximum absolute atomic E-state index is 5.52. The molecule has 4 heteroatoms. The molecule has 0 fully saturated rings. The van der Waals surface area contributed by atoms with Crippen LogP contribution in [0.2, 0.25) is 0 Å². The summed E-state index contributed by atoms with van der Waals surface area (Å²) >= 11 is 0. The first-order chi connectivity index (χ1) is 10.8. The Bertz CT molecular complexity index is 598. The third-order valence-electron chi connectivity index (χ3n) is 3.97. The molecule has 0 unspecified atom stereocenters. The molecule has 2 aromatic rings. The molecule has 0 amide bonds. The molecule has 120 valence electrons. The zero-order chi connectivity index (χ0) is 15.8. The van der Waals surface area contributed by atoms with Crippen molar-refractivity contribution in [2.24, 2.45) is 5.73 Å². The molecular weight excluding hydrogens is 274 g/mol. The highest BCUT2D eigenvalue weighted by Gasteiger charge is 2.08. The van der Waals surface area contributed by atoms with Crippen LogP contribution in [0, 0.1) is 0 Å². The number of nitrogens with two attached hydrogens (primary N) is 1. The van der Waals surface area contributed by atoms with Crippen LogP contribution in [0.4, 0.5) is 5.69 Å². The average molecular weight is 301 g/mol. The molecule has 0 atom stereocenters. The zero-order valence-corrected chi connectivity index (χ0v) is 13.7. The van der Waals surface area contributed by atoms with Gasteiger partial charge in [0.15, 0.2) is 0 Å². The zero-order valence-electron chi connectivity index (χ0n) is 13.7. The summed E-state index contributed by atoms with van der Waals surface area (Å²) in [6.45, 7) is 3.90. The van der Waals surface area contributed by atoms with Crippen molar-refractivity contribution in [1.29, 1.82) is 0 Å². The molecule has 1 heterocycles. The van der Waals surface area contributed by atoms with Crippen molar-refractivity contribution in [2.45, 2.75) is 39.0 Å². The number of aromatic nitrogens is 1. The number of unbranched alkanes of at least 4 members (excludes halogenated alkanes) is 3. The molecule has 0 saturated carbocycles. The highest BCUT2D eigenvalue weighted by molar-refractivity contribution is 5.94. The Morgan fingerprint density at radius 1 is 1.18 bits per heavy atom. The Morgan fingerprint density at radius 3 is 2.73 bits per heavy atom. The minimum atomic E-state index is 0.789. The summed E-state index contributed by atoms with van der Waals surface area (Å²) in [6, 6.07) is 6.20. The van der Waals surface area contributed by atoms with Gasteiger partial charge in [-0.05, 0) is 43.5 Å². The Morgan fingerprint density at radius 2 is 2.00 bits per heavy atom. The third kappa shape index (κ3) is 4.10. The van der Waals surface area contributed by atoms with E-state index < -0.39 is 0 Å². The smallest absolute Gasteiger partial charge is 0.121 e. The van der Waals surface area contributed by atoms with Crippen LogP contribution in [0.15, 0.2) is 24.4 Å². The van der Waals surface area contributed by atoms with Gasteiger partial charge in [0, 0.05) is 24.2 Å². The second-order valence-corrected chi connectivity index (χ2v) is 5.52. The first kappa shape index (κ1) is 16.6. The SMILES string of the molecule is CCc1ccnc2c(NCCCCCCN)cc(OC)cc12. The van der Waals surface area contributed by atoms with Crippen molar-refractivity contribution in [2.75, 3.05) is 25.5 Å². The van der Waals surface area contributed by atoms with Gasteiger partial charge in [-0.15, -0.1) is 0 Å². The number of benzene rings is 1. The summed E-state index contributed by atoms with van der Waals surface area (Å²) in [5.74, 6) is 0.876. The predicted octanol–water partition coefficient (Wildman–Crippen LogP) is 3.74. The van der Waals surface area contributed by atoms with Crippen molar-refractivity contribution < 1.29 is 4.74 Å². The van der Waals surface area contributed by atoms with Gasteiger partial charge < -0.3 is 15.8 Å². The van der Waals surface area contributed by atoms with Crippen LogP contribution >= 0.6 is 0 Å². The van der Waals surface area contributed by atoms with Crippen molar-refractivity contribution in [3.8, 4) is 5.75 Å². The Labute approximate surface area is 133 Å². The molecule has 3 N–H and O–H groups in total. The second-order valence-electron chi connectivity index (χ2n) is 5.52. The summed E-state index contributed by atoms with van der Waals surface area (Å²) in [5.41, 5.74) is 8.91. The molecular formula is C18H27N3O. The van der Waals surface area contributed by atoms with Gasteiger partial charge in [0.25, 0.3) is 0 Å². The van der Waals surface area contributed by atoms with Crippen molar-refractivity contribution in [3.63, 3.8) is 0 Å². The topological polar surface area (TPSA) is 60.2 Å². The highest BCUT2D eigenvalue weighted by atomic mass is 16.5. The predicted molar refractivity (Wildman–Crippen MR) is 93.7 cm³/mol. The first-order valence-electron chi connectivity index (χ1n) is 8.19. The molecule has 22 heavy (non-hydrogen) atoms. The summed E-state index contributed by atoms with van der Waals surface area (Å²) in [5, 5.41) is 4.69. The van der Waals surface area contributed by atoms with E-state index >= 15 is 0 Å². The lowest BCUT2D eigenvalue weighted by molar-refractivity contribution is 0.415. The summed E-state index contributed by atoms with van der Waals surface area (Å²) in [6.07, 6.45) is 7.55. The van der Waals surface area contributed by atoms with Crippen LogP contribution in [-0.2, 0) is 6.42 Å². The van der Waals surface area contributed by atoms with E-state index in [4.69, 9.17) is 10.5 Å². The van der Waals surface area contributed by atoms with Crippen LogP contribution in [-0.4, -0.2) is 25.2 Å². The molecule has 0 saturated heterocycles. The average Bonchev–Trinajstić information content (AvgIpc) is 2.56. The molecule has 1 aromatic carbocycles.